The fourth-order valence-electron chi connectivity index (χ4n) is 0.767. The van der Waals surface area contributed by atoms with Crippen LogP contribution in [0.4, 0.5) is 13.2 Å². The summed E-state index contributed by atoms with van der Waals surface area (Å²) in [5.41, 5.74) is 0. The third-order valence-electron chi connectivity index (χ3n) is 1.26. The monoisotopic (exact) mass is 169 g/mol. The van der Waals surface area contributed by atoms with Crippen molar-refractivity contribution in [3.8, 4) is 0 Å². The number of nitrogens with one attached hydrogen (secondary N) is 1. The number of hydrogen-bond acceptors (Lipinski definition) is 3. The minimum Gasteiger partial charge on any atom is -0.342 e. The molecule has 1 saturated heterocycles. The molecule has 64 valence electrons. The number of aldehydes is 1. The minimum atomic E-state index is -4.43. The van der Waals surface area contributed by atoms with Crippen molar-refractivity contribution in [2.45, 2.75) is 18.5 Å². The molecule has 11 heavy (non-hydrogen) atoms. The van der Waals surface area contributed by atoms with Crippen LogP contribution in [0.5, 0.6) is 0 Å². The number of ether oxygens (including phenoxy) is 1. The predicted octanol–water partition coefficient (Wildman–Crippen LogP) is 0.0621. The lowest BCUT2D eigenvalue weighted by Crippen LogP contribution is -2.38. The Morgan fingerprint density at radius 3 is 2.45 bits per heavy atom. The van der Waals surface area contributed by atoms with Crippen molar-refractivity contribution in [3.05, 3.63) is 0 Å². The summed E-state index contributed by atoms with van der Waals surface area (Å²) in [6.07, 6.45) is -7.05. The second kappa shape index (κ2) is 2.78. The van der Waals surface area contributed by atoms with Crippen LogP contribution in [0.3, 0.4) is 0 Å². The maximum atomic E-state index is 11.8. The number of carbonyl (C=O) groups is 1. The van der Waals surface area contributed by atoms with E-state index < -0.39 is 18.5 Å². The van der Waals surface area contributed by atoms with Crippen molar-refractivity contribution in [1.82, 2.24) is 5.32 Å². The van der Waals surface area contributed by atoms with Gasteiger partial charge in [0.1, 0.15) is 12.4 Å². The summed E-state index contributed by atoms with van der Waals surface area (Å²) >= 11 is 0. The molecule has 0 saturated carbocycles. The van der Waals surface area contributed by atoms with Crippen LogP contribution in [0.25, 0.3) is 0 Å². The quantitative estimate of drug-likeness (QED) is 0.564. The zero-order chi connectivity index (χ0) is 8.48. The SMILES string of the molecule is O=CC1CNC(C(F)(F)F)O1. The van der Waals surface area contributed by atoms with Gasteiger partial charge in [0.15, 0.2) is 0 Å². The summed E-state index contributed by atoms with van der Waals surface area (Å²) in [4.78, 5) is 9.95. The van der Waals surface area contributed by atoms with Crippen molar-refractivity contribution in [1.29, 1.82) is 0 Å². The molecule has 1 rings (SSSR count). The van der Waals surface area contributed by atoms with Crippen molar-refractivity contribution in [3.63, 3.8) is 0 Å². The molecule has 1 fully saturated rings. The van der Waals surface area contributed by atoms with E-state index in [2.05, 4.69) is 4.74 Å². The highest BCUT2D eigenvalue weighted by atomic mass is 19.4. The summed E-state index contributed by atoms with van der Waals surface area (Å²) in [7, 11) is 0. The third-order valence-corrected chi connectivity index (χ3v) is 1.26. The molecule has 0 aliphatic carbocycles. The molecular formula is C5H6F3NO2. The van der Waals surface area contributed by atoms with E-state index in [1.807, 2.05) is 5.32 Å². The predicted molar refractivity (Wildman–Crippen MR) is 28.8 cm³/mol. The highest BCUT2D eigenvalue weighted by molar-refractivity contribution is 5.56. The van der Waals surface area contributed by atoms with Crippen LogP contribution in [-0.2, 0) is 9.53 Å². The first kappa shape index (κ1) is 8.48. The molecule has 1 N–H and O–H groups in total. The van der Waals surface area contributed by atoms with Crippen LogP contribution in [-0.4, -0.2) is 31.3 Å². The lowest BCUT2D eigenvalue weighted by atomic mass is 10.4. The fourth-order valence-corrected chi connectivity index (χ4v) is 0.767. The molecule has 1 heterocycles. The smallest absolute Gasteiger partial charge is 0.342 e. The number of hydrogen-bond donors (Lipinski definition) is 1. The normalized spacial score (nSPS) is 32.3. The van der Waals surface area contributed by atoms with Gasteiger partial charge in [-0.3, -0.25) is 5.32 Å². The van der Waals surface area contributed by atoms with E-state index in [9.17, 15) is 18.0 Å². The fraction of sp³-hybridized carbons (Fsp3) is 0.800. The highest BCUT2D eigenvalue weighted by Gasteiger charge is 2.45. The van der Waals surface area contributed by atoms with Gasteiger partial charge in [0.2, 0.25) is 6.23 Å². The summed E-state index contributed by atoms with van der Waals surface area (Å²) in [5.74, 6) is 0. The van der Waals surface area contributed by atoms with Gasteiger partial charge in [-0.25, -0.2) is 0 Å². The molecule has 0 amide bonds. The van der Waals surface area contributed by atoms with E-state index >= 15 is 0 Å². The van der Waals surface area contributed by atoms with Crippen LogP contribution in [0.1, 0.15) is 0 Å². The number of rotatable bonds is 1. The van der Waals surface area contributed by atoms with Gasteiger partial charge in [-0.05, 0) is 0 Å². The summed E-state index contributed by atoms with van der Waals surface area (Å²) in [5, 5.41) is 2.02. The van der Waals surface area contributed by atoms with Crippen molar-refractivity contribution in [2.75, 3.05) is 6.54 Å². The number of alkyl halides is 3. The van der Waals surface area contributed by atoms with Gasteiger partial charge in [-0.2, -0.15) is 13.2 Å². The van der Waals surface area contributed by atoms with Gasteiger partial charge >= 0.3 is 6.18 Å². The van der Waals surface area contributed by atoms with Gasteiger partial charge in [-0.1, -0.05) is 0 Å². The second-order valence-electron chi connectivity index (χ2n) is 2.14. The molecular weight excluding hydrogens is 163 g/mol. The Morgan fingerprint density at radius 2 is 2.18 bits per heavy atom. The average molecular weight is 169 g/mol. The lowest BCUT2D eigenvalue weighted by molar-refractivity contribution is -0.218. The Morgan fingerprint density at radius 1 is 1.55 bits per heavy atom. The first-order chi connectivity index (χ1) is 5.04. The Hall–Kier alpha value is -0.620. The van der Waals surface area contributed by atoms with Crippen LogP contribution in [0.2, 0.25) is 0 Å². The molecule has 0 aromatic heterocycles. The molecule has 1 aliphatic rings. The zero-order valence-electron chi connectivity index (χ0n) is 5.39. The molecule has 6 heteroatoms. The first-order valence-electron chi connectivity index (χ1n) is 2.95. The molecule has 0 bridgehead atoms. The largest absolute Gasteiger partial charge is 0.428 e. The number of halogens is 3. The zero-order valence-corrected chi connectivity index (χ0v) is 5.39. The molecule has 2 unspecified atom stereocenters. The summed E-state index contributed by atoms with van der Waals surface area (Å²) in [6.45, 7) is -0.0757. The van der Waals surface area contributed by atoms with E-state index in [-0.39, 0.29) is 6.54 Å². The van der Waals surface area contributed by atoms with E-state index in [4.69, 9.17) is 0 Å². The highest BCUT2D eigenvalue weighted by Crippen LogP contribution is 2.24. The van der Waals surface area contributed by atoms with Gasteiger partial charge in [0.05, 0.1) is 0 Å². The summed E-state index contributed by atoms with van der Waals surface area (Å²) < 4.78 is 39.6. The Balaban J connectivity index is 2.48. The van der Waals surface area contributed by atoms with Gasteiger partial charge in [-0.15, -0.1) is 0 Å². The average Bonchev–Trinajstić information content (AvgIpc) is 2.32. The standard InChI is InChI=1S/C5H6F3NO2/c6-5(7,8)4-9-1-3(2-10)11-4/h2-4,9H,1H2. The van der Waals surface area contributed by atoms with Gasteiger partial charge in [0, 0.05) is 6.54 Å². The van der Waals surface area contributed by atoms with E-state index in [0.717, 1.165) is 0 Å². The van der Waals surface area contributed by atoms with E-state index in [1.165, 1.54) is 0 Å². The van der Waals surface area contributed by atoms with Crippen molar-refractivity contribution >= 4 is 6.29 Å². The second-order valence-corrected chi connectivity index (χ2v) is 2.14. The molecule has 0 aromatic rings. The van der Waals surface area contributed by atoms with Gasteiger partial charge in [0.25, 0.3) is 0 Å². The molecule has 0 aromatic carbocycles. The Bertz CT molecular complexity index is 158. The maximum Gasteiger partial charge on any atom is 0.428 e. The van der Waals surface area contributed by atoms with Crippen molar-refractivity contribution < 1.29 is 22.7 Å². The number of carbonyl (C=O) groups excluding carboxylic acids is 1. The van der Waals surface area contributed by atoms with E-state index in [0.29, 0.717) is 6.29 Å². The molecule has 3 nitrogen and oxygen atoms in total. The van der Waals surface area contributed by atoms with Crippen LogP contribution in [0.15, 0.2) is 0 Å². The lowest BCUT2D eigenvalue weighted by Gasteiger charge is -2.13. The minimum absolute atomic E-state index is 0.0757. The first-order valence-corrected chi connectivity index (χ1v) is 2.95. The Kier molecular flexibility index (Phi) is 2.15. The molecule has 0 spiro atoms. The molecule has 0 radical (unpaired) electrons. The maximum absolute atomic E-state index is 11.8. The summed E-state index contributed by atoms with van der Waals surface area (Å²) in [6, 6.07) is 0. The van der Waals surface area contributed by atoms with Crippen LogP contribution >= 0.6 is 0 Å². The Labute approximate surface area is 60.5 Å². The van der Waals surface area contributed by atoms with Crippen LogP contribution < -0.4 is 5.32 Å². The van der Waals surface area contributed by atoms with Gasteiger partial charge < -0.3 is 9.53 Å². The topological polar surface area (TPSA) is 38.3 Å². The van der Waals surface area contributed by atoms with E-state index in [1.54, 1.807) is 0 Å². The molecule has 2 atom stereocenters. The van der Waals surface area contributed by atoms with Crippen LogP contribution in [0, 0.1) is 0 Å². The van der Waals surface area contributed by atoms with Crippen molar-refractivity contribution in [2.24, 2.45) is 0 Å². The third kappa shape index (κ3) is 1.90. The molecule has 1 aliphatic heterocycles.